The molecule has 1 aromatic rings. The van der Waals surface area contributed by atoms with Crippen molar-refractivity contribution in [3.63, 3.8) is 0 Å². The third kappa shape index (κ3) is 4.12. The molecule has 4 rings (SSSR count). The second kappa shape index (κ2) is 8.19. The number of carbonyl (C=O) groups is 2. The molecule has 29 heavy (non-hydrogen) atoms. The first-order chi connectivity index (χ1) is 13.9. The van der Waals surface area contributed by atoms with E-state index in [0.29, 0.717) is 11.1 Å². The highest BCUT2D eigenvalue weighted by atomic mass is 32.2. The van der Waals surface area contributed by atoms with Crippen LogP contribution in [0.3, 0.4) is 0 Å². The number of amides is 2. The summed E-state index contributed by atoms with van der Waals surface area (Å²) < 4.78 is 28.8. The van der Waals surface area contributed by atoms with Gasteiger partial charge in [-0.3, -0.25) is 14.5 Å². The van der Waals surface area contributed by atoms with Crippen LogP contribution in [-0.2, 0) is 26.2 Å². The fraction of sp³-hybridized carbons (Fsp3) is 0.636. The predicted molar refractivity (Wildman–Crippen MR) is 109 cm³/mol. The molecule has 1 heterocycles. The number of nitrogens with zero attached hydrogens (tertiary/aromatic N) is 1. The maximum Gasteiger partial charge on any atom is 0.241 e. The summed E-state index contributed by atoms with van der Waals surface area (Å²) in [5, 5.41) is 0. The molecule has 1 aromatic carbocycles. The van der Waals surface area contributed by atoms with E-state index < -0.39 is 10.0 Å². The molecule has 1 aliphatic heterocycles. The number of imide groups is 1. The number of sulfonamides is 1. The number of likely N-dealkylation sites (tertiary alicyclic amines) is 1. The second-order valence-electron chi connectivity index (χ2n) is 8.82. The fourth-order valence-corrected chi connectivity index (χ4v) is 6.71. The van der Waals surface area contributed by atoms with Crippen LogP contribution in [0.1, 0.15) is 68.9 Å². The van der Waals surface area contributed by atoms with Crippen molar-refractivity contribution in [2.24, 2.45) is 11.8 Å². The topological polar surface area (TPSA) is 83.6 Å². The monoisotopic (exact) mass is 418 g/mol. The van der Waals surface area contributed by atoms with Gasteiger partial charge in [0.1, 0.15) is 0 Å². The van der Waals surface area contributed by atoms with Crippen LogP contribution in [0.5, 0.6) is 0 Å². The number of hydrogen-bond donors (Lipinski definition) is 1. The normalized spacial score (nSPS) is 26.0. The maximum atomic E-state index is 13.0. The Hall–Kier alpha value is -1.73. The molecule has 2 atom stereocenters. The quantitative estimate of drug-likeness (QED) is 0.744. The number of rotatable bonds is 5. The molecule has 158 valence electrons. The number of nitrogens with one attached hydrogen (secondary N) is 1. The van der Waals surface area contributed by atoms with Gasteiger partial charge in [0.25, 0.3) is 0 Å². The average molecular weight is 419 g/mol. The lowest BCUT2D eigenvalue weighted by molar-refractivity contribution is -0.140. The van der Waals surface area contributed by atoms with Crippen LogP contribution in [0.4, 0.5) is 0 Å². The van der Waals surface area contributed by atoms with E-state index in [4.69, 9.17) is 0 Å². The van der Waals surface area contributed by atoms with Gasteiger partial charge in [-0.2, -0.15) is 0 Å². The SMILES string of the molecule is Cc1ccc(CN2C(=O)[C@@H]3CCCC[C@H]3C2=O)cc1S(=O)(=O)NC1CCCCC1. The summed E-state index contributed by atoms with van der Waals surface area (Å²) in [5.41, 5.74) is 1.35. The molecule has 3 fully saturated rings. The predicted octanol–water partition coefficient (Wildman–Crippen LogP) is 3.28. The van der Waals surface area contributed by atoms with Crippen LogP contribution < -0.4 is 4.72 Å². The summed E-state index contributed by atoms with van der Waals surface area (Å²) in [6, 6.07) is 5.20. The minimum Gasteiger partial charge on any atom is -0.278 e. The lowest BCUT2D eigenvalue weighted by Crippen LogP contribution is -2.36. The first kappa shape index (κ1) is 20.5. The molecule has 0 bridgehead atoms. The van der Waals surface area contributed by atoms with Crippen molar-refractivity contribution < 1.29 is 18.0 Å². The summed E-state index contributed by atoms with van der Waals surface area (Å²) in [6.45, 7) is 1.93. The van der Waals surface area contributed by atoms with Crippen LogP contribution in [0.25, 0.3) is 0 Å². The van der Waals surface area contributed by atoms with Crippen LogP contribution in [-0.4, -0.2) is 31.2 Å². The minimum absolute atomic E-state index is 0.0123. The number of carbonyl (C=O) groups excluding carboxylic acids is 2. The Morgan fingerprint density at radius 1 is 0.931 bits per heavy atom. The summed E-state index contributed by atoms with van der Waals surface area (Å²) in [4.78, 5) is 27.1. The largest absolute Gasteiger partial charge is 0.278 e. The number of aryl methyl sites for hydroxylation is 1. The van der Waals surface area contributed by atoms with E-state index >= 15 is 0 Å². The van der Waals surface area contributed by atoms with Gasteiger partial charge in [0.2, 0.25) is 21.8 Å². The lowest BCUT2D eigenvalue weighted by atomic mass is 9.81. The molecule has 2 saturated carbocycles. The highest BCUT2D eigenvalue weighted by molar-refractivity contribution is 7.89. The molecule has 0 radical (unpaired) electrons. The van der Waals surface area contributed by atoms with E-state index in [0.717, 1.165) is 57.8 Å². The Balaban J connectivity index is 1.54. The Morgan fingerprint density at radius 3 is 2.14 bits per heavy atom. The van der Waals surface area contributed by atoms with Gasteiger partial charge in [0, 0.05) is 6.04 Å². The van der Waals surface area contributed by atoms with Gasteiger partial charge >= 0.3 is 0 Å². The molecule has 7 heteroatoms. The summed E-state index contributed by atoms with van der Waals surface area (Å²) in [5.74, 6) is -0.550. The molecular weight excluding hydrogens is 388 g/mol. The van der Waals surface area contributed by atoms with E-state index in [-0.39, 0.29) is 41.1 Å². The number of fused-ring (bicyclic) bond motifs is 1. The summed E-state index contributed by atoms with van der Waals surface area (Å²) in [7, 11) is -3.63. The molecule has 0 unspecified atom stereocenters. The van der Waals surface area contributed by atoms with Crippen molar-refractivity contribution in [2.75, 3.05) is 0 Å². The van der Waals surface area contributed by atoms with Gasteiger partial charge in [-0.25, -0.2) is 13.1 Å². The molecular formula is C22H30N2O4S. The first-order valence-electron chi connectivity index (χ1n) is 10.8. The van der Waals surface area contributed by atoms with E-state index in [1.807, 2.05) is 6.07 Å². The zero-order valence-electron chi connectivity index (χ0n) is 17.0. The molecule has 2 aliphatic carbocycles. The van der Waals surface area contributed by atoms with Crippen LogP contribution in [0, 0.1) is 18.8 Å². The van der Waals surface area contributed by atoms with E-state index in [9.17, 15) is 18.0 Å². The fourth-order valence-electron chi connectivity index (χ4n) is 5.11. The van der Waals surface area contributed by atoms with Gasteiger partial charge in [-0.15, -0.1) is 0 Å². The van der Waals surface area contributed by atoms with Crippen molar-refractivity contribution in [3.8, 4) is 0 Å². The molecule has 0 aromatic heterocycles. The third-order valence-electron chi connectivity index (χ3n) is 6.74. The van der Waals surface area contributed by atoms with Gasteiger partial charge in [0.05, 0.1) is 23.3 Å². The molecule has 2 amide bonds. The standard InChI is InChI=1S/C22H30N2O4S/c1-15-11-12-16(13-20(15)29(27,28)23-17-7-3-2-4-8-17)14-24-21(25)18-9-5-6-10-19(18)22(24)26/h11-13,17-19,23H,2-10,14H2,1H3/t18-,19-/m1/s1. The van der Waals surface area contributed by atoms with E-state index in [1.165, 1.54) is 4.90 Å². The van der Waals surface area contributed by atoms with Crippen molar-refractivity contribution in [1.29, 1.82) is 0 Å². The summed E-state index contributed by atoms with van der Waals surface area (Å²) in [6.07, 6.45) is 8.56. The molecule has 1 saturated heterocycles. The highest BCUT2D eigenvalue weighted by Crippen LogP contribution is 2.38. The van der Waals surface area contributed by atoms with Crippen molar-refractivity contribution >= 4 is 21.8 Å². The van der Waals surface area contributed by atoms with Crippen LogP contribution >= 0.6 is 0 Å². The van der Waals surface area contributed by atoms with E-state index in [2.05, 4.69) is 4.72 Å². The summed E-state index contributed by atoms with van der Waals surface area (Å²) >= 11 is 0. The highest BCUT2D eigenvalue weighted by Gasteiger charge is 2.47. The van der Waals surface area contributed by atoms with Gasteiger partial charge in [-0.1, -0.05) is 44.2 Å². The van der Waals surface area contributed by atoms with Crippen LogP contribution in [0.15, 0.2) is 23.1 Å². The van der Waals surface area contributed by atoms with E-state index in [1.54, 1.807) is 19.1 Å². The second-order valence-corrected chi connectivity index (χ2v) is 10.5. The van der Waals surface area contributed by atoms with Crippen molar-refractivity contribution in [1.82, 2.24) is 9.62 Å². The molecule has 3 aliphatic rings. The lowest BCUT2D eigenvalue weighted by Gasteiger charge is -2.23. The Kier molecular flexibility index (Phi) is 5.80. The Bertz CT molecular complexity index is 881. The number of benzene rings is 1. The maximum absolute atomic E-state index is 13.0. The van der Waals surface area contributed by atoms with Crippen molar-refractivity contribution in [2.45, 2.75) is 82.2 Å². The molecule has 0 spiro atoms. The number of hydrogen-bond acceptors (Lipinski definition) is 4. The van der Waals surface area contributed by atoms with Crippen LogP contribution in [0.2, 0.25) is 0 Å². The molecule has 1 N–H and O–H groups in total. The minimum atomic E-state index is -3.63. The molecule has 6 nitrogen and oxygen atoms in total. The van der Waals surface area contributed by atoms with Crippen molar-refractivity contribution in [3.05, 3.63) is 29.3 Å². The van der Waals surface area contributed by atoms with Gasteiger partial charge < -0.3 is 0 Å². The zero-order valence-corrected chi connectivity index (χ0v) is 17.8. The first-order valence-corrected chi connectivity index (χ1v) is 12.3. The van der Waals surface area contributed by atoms with Gasteiger partial charge in [0.15, 0.2) is 0 Å². The smallest absolute Gasteiger partial charge is 0.241 e. The third-order valence-corrected chi connectivity index (χ3v) is 8.40. The Labute approximate surface area is 173 Å². The zero-order chi connectivity index (χ0) is 20.6. The average Bonchev–Trinajstić information content (AvgIpc) is 2.95. The Morgan fingerprint density at radius 2 is 1.52 bits per heavy atom. The van der Waals surface area contributed by atoms with Gasteiger partial charge in [-0.05, 0) is 49.8 Å².